The first-order valence-corrected chi connectivity index (χ1v) is 11.7. The normalized spacial score (nSPS) is 19.2. The first-order valence-electron chi connectivity index (χ1n) is 10.2. The van der Waals surface area contributed by atoms with Crippen molar-refractivity contribution in [2.24, 2.45) is 5.92 Å². The van der Waals surface area contributed by atoms with Crippen LogP contribution in [0.15, 0.2) is 42.6 Å². The van der Waals surface area contributed by atoms with Crippen molar-refractivity contribution in [3.05, 3.63) is 59.4 Å². The van der Waals surface area contributed by atoms with Gasteiger partial charge in [0.25, 0.3) is 0 Å². The van der Waals surface area contributed by atoms with Gasteiger partial charge in [-0.25, -0.2) is 18.4 Å². The molecular formula is C21H21F3N4O4S. The monoisotopic (exact) mass is 482 g/mol. The molecule has 2 aliphatic rings. The highest BCUT2D eigenvalue weighted by atomic mass is 32.2. The molecule has 3 heterocycles. The molecule has 4 rings (SSSR count). The van der Waals surface area contributed by atoms with Gasteiger partial charge in [0, 0.05) is 30.6 Å². The van der Waals surface area contributed by atoms with Gasteiger partial charge < -0.3 is 9.64 Å². The summed E-state index contributed by atoms with van der Waals surface area (Å²) in [7, 11) is -3.56. The molecule has 1 atom stereocenters. The Kier molecular flexibility index (Phi) is 6.14. The molecule has 0 bridgehead atoms. The molecule has 8 nitrogen and oxygen atoms in total. The highest BCUT2D eigenvalue weighted by molar-refractivity contribution is 7.92. The van der Waals surface area contributed by atoms with Gasteiger partial charge in [0.15, 0.2) is 0 Å². The molecule has 0 aliphatic carbocycles. The number of benzene rings is 1. The Bertz CT molecular complexity index is 1170. The number of aromatic nitrogens is 2. The molecule has 2 aromatic rings. The van der Waals surface area contributed by atoms with Gasteiger partial charge in [-0.2, -0.15) is 17.5 Å². The van der Waals surface area contributed by atoms with Crippen molar-refractivity contribution in [1.82, 2.24) is 19.2 Å². The predicted octanol–water partition coefficient (Wildman–Crippen LogP) is 2.97. The van der Waals surface area contributed by atoms with Gasteiger partial charge in [0.05, 0.1) is 23.7 Å². The number of rotatable bonds is 5. The summed E-state index contributed by atoms with van der Waals surface area (Å²) in [5, 5.41) is 0.881. The summed E-state index contributed by atoms with van der Waals surface area (Å²) in [6.45, 7) is 4.28. The summed E-state index contributed by atoms with van der Waals surface area (Å²) in [6, 6.07) is 4.31. The SMILES string of the molecule is C=CS(=O)(=O)N1CC[C@H](C(=O)N2CCc3c(ncnc3Oc3ccc(C(F)(F)F)cc3)C2)C1. The van der Waals surface area contributed by atoms with E-state index in [2.05, 4.69) is 16.5 Å². The fourth-order valence-corrected chi connectivity index (χ4v) is 4.91. The summed E-state index contributed by atoms with van der Waals surface area (Å²) in [6.07, 6.45) is -2.32. The number of fused-ring (bicyclic) bond motifs is 1. The number of ether oxygens (including phenoxy) is 1. The Labute approximate surface area is 188 Å². The standard InChI is InChI=1S/C21H21F3N4O4S/c1-2-33(30,31)28-10-7-14(11-28)20(29)27-9-8-17-18(12-27)25-13-26-19(17)32-16-5-3-15(4-6-16)21(22,23)24/h2-6,13-14H,1,7-12H2/t14-/m0/s1. The van der Waals surface area contributed by atoms with E-state index in [1.54, 1.807) is 4.90 Å². The van der Waals surface area contributed by atoms with Crippen LogP contribution in [0.1, 0.15) is 23.2 Å². The van der Waals surface area contributed by atoms with Crippen LogP contribution in [0.4, 0.5) is 13.2 Å². The highest BCUT2D eigenvalue weighted by Crippen LogP contribution is 2.33. The summed E-state index contributed by atoms with van der Waals surface area (Å²) in [4.78, 5) is 23.0. The van der Waals surface area contributed by atoms with Crippen LogP contribution < -0.4 is 4.74 Å². The van der Waals surface area contributed by atoms with Crippen LogP contribution in [0.5, 0.6) is 11.6 Å². The van der Waals surface area contributed by atoms with Gasteiger partial charge in [-0.15, -0.1) is 0 Å². The topological polar surface area (TPSA) is 92.7 Å². The molecule has 0 saturated carbocycles. The Morgan fingerprint density at radius 3 is 2.58 bits per heavy atom. The number of halogens is 3. The minimum absolute atomic E-state index is 0.114. The molecule has 1 aromatic carbocycles. The van der Waals surface area contributed by atoms with E-state index >= 15 is 0 Å². The van der Waals surface area contributed by atoms with Crippen LogP contribution >= 0.6 is 0 Å². The number of hydrogen-bond acceptors (Lipinski definition) is 6. The fourth-order valence-electron chi connectivity index (χ4n) is 3.95. The Hall–Kier alpha value is -2.99. The van der Waals surface area contributed by atoms with E-state index in [-0.39, 0.29) is 37.2 Å². The number of carbonyl (C=O) groups is 1. The Morgan fingerprint density at radius 2 is 1.91 bits per heavy atom. The lowest BCUT2D eigenvalue weighted by Crippen LogP contribution is -2.41. The molecule has 1 amide bonds. The quantitative estimate of drug-likeness (QED) is 0.651. The van der Waals surface area contributed by atoms with Crippen LogP contribution in [-0.2, 0) is 34.0 Å². The maximum Gasteiger partial charge on any atom is 0.416 e. The summed E-state index contributed by atoms with van der Waals surface area (Å²) < 4.78 is 69.1. The van der Waals surface area contributed by atoms with E-state index in [9.17, 15) is 26.4 Å². The zero-order valence-corrected chi connectivity index (χ0v) is 18.3. The molecule has 0 spiro atoms. The second-order valence-corrected chi connectivity index (χ2v) is 9.67. The number of sulfonamides is 1. The van der Waals surface area contributed by atoms with Gasteiger partial charge in [-0.3, -0.25) is 4.79 Å². The minimum Gasteiger partial charge on any atom is -0.439 e. The maximum absolute atomic E-state index is 13.0. The van der Waals surface area contributed by atoms with Gasteiger partial charge in [-0.1, -0.05) is 6.58 Å². The average Bonchev–Trinajstić information content (AvgIpc) is 3.29. The number of alkyl halides is 3. The van der Waals surface area contributed by atoms with Crippen molar-refractivity contribution in [1.29, 1.82) is 0 Å². The third-order valence-electron chi connectivity index (χ3n) is 5.75. The molecule has 12 heteroatoms. The number of carbonyl (C=O) groups excluding carboxylic acids is 1. The average molecular weight is 482 g/mol. The van der Waals surface area contributed by atoms with Gasteiger partial charge >= 0.3 is 6.18 Å². The van der Waals surface area contributed by atoms with Crippen LogP contribution in [0.3, 0.4) is 0 Å². The number of amides is 1. The van der Waals surface area contributed by atoms with E-state index < -0.39 is 27.7 Å². The lowest BCUT2D eigenvalue weighted by Gasteiger charge is -2.30. The highest BCUT2D eigenvalue weighted by Gasteiger charge is 2.37. The Morgan fingerprint density at radius 1 is 1.18 bits per heavy atom. The number of hydrogen-bond donors (Lipinski definition) is 0. The molecule has 1 fully saturated rings. The van der Waals surface area contributed by atoms with Crippen molar-refractivity contribution >= 4 is 15.9 Å². The smallest absolute Gasteiger partial charge is 0.416 e. The van der Waals surface area contributed by atoms with Crippen LogP contribution in [-0.4, -0.2) is 53.1 Å². The third kappa shape index (κ3) is 4.86. The molecule has 33 heavy (non-hydrogen) atoms. The number of nitrogens with zero attached hydrogens (tertiary/aromatic N) is 4. The van der Waals surface area contributed by atoms with E-state index in [0.717, 1.165) is 17.5 Å². The third-order valence-corrected chi connectivity index (χ3v) is 7.22. The van der Waals surface area contributed by atoms with Gasteiger partial charge in [-0.05, 0) is 37.1 Å². The van der Waals surface area contributed by atoms with Gasteiger partial charge in [0.1, 0.15) is 12.1 Å². The molecule has 0 radical (unpaired) electrons. The van der Waals surface area contributed by atoms with E-state index in [0.29, 0.717) is 30.6 Å². The molecule has 1 saturated heterocycles. The molecular weight excluding hydrogens is 461 g/mol. The van der Waals surface area contributed by atoms with Crippen molar-refractivity contribution < 1.29 is 31.1 Å². The van der Waals surface area contributed by atoms with Crippen LogP contribution in [0.2, 0.25) is 0 Å². The first kappa shape index (κ1) is 23.2. The van der Waals surface area contributed by atoms with Gasteiger partial charge in [0.2, 0.25) is 21.8 Å². The van der Waals surface area contributed by atoms with E-state index in [1.165, 1.54) is 22.8 Å². The lowest BCUT2D eigenvalue weighted by atomic mass is 10.0. The first-order chi connectivity index (χ1) is 15.6. The maximum atomic E-state index is 13.0. The molecule has 0 N–H and O–H groups in total. The second kappa shape index (κ2) is 8.75. The largest absolute Gasteiger partial charge is 0.439 e. The summed E-state index contributed by atoms with van der Waals surface area (Å²) in [5.41, 5.74) is 0.490. The predicted molar refractivity (Wildman–Crippen MR) is 111 cm³/mol. The van der Waals surface area contributed by atoms with Crippen molar-refractivity contribution in [2.75, 3.05) is 19.6 Å². The molecule has 0 unspecified atom stereocenters. The van der Waals surface area contributed by atoms with Crippen molar-refractivity contribution in [2.45, 2.75) is 25.6 Å². The van der Waals surface area contributed by atoms with E-state index in [1.807, 2.05) is 0 Å². The molecule has 176 valence electrons. The summed E-state index contributed by atoms with van der Waals surface area (Å²) >= 11 is 0. The zero-order valence-electron chi connectivity index (χ0n) is 17.5. The molecule has 1 aromatic heterocycles. The molecule has 2 aliphatic heterocycles. The van der Waals surface area contributed by atoms with Crippen LogP contribution in [0.25, 0.3) is 0 Å². The fraction of sp³-hybridized carbons (Fsp3) is 0.381. The zero-order chi connectivity index (χ0) is 23.8. The van der Waals surface area contributed by atoms with E-state index in [4.69, 9.17) is 4.74 Å². The second-order valence-electron chi connectivity index (χ2n) is 7.79. The minimum atomic E-state index is -4.44. The van der Waals surface area contributed by atoms with Crippen molar-refractivity contribution in [3.8, 4) is 11.6 Å². The lowest BCUT2D eigenvalue weighted by molar-refractivity contribution is -0.137. The van der Waals surface area contributed by atoms with Crippen LogP contribution in [0, 0.1) is 5.92 Å². The summed E-state index contributed by atoms with van der Waals surface area (Å²) in [5.74, 6) is -0.148. The van der Waals surface area contributed by atoms with Crippen molar-refractivity contribution in [3.63, 3.8) is 0 Å². The Balaban J connectivity index is 1.45.